The Balaban J connectivity index is 2.29. The molecule has 0 fully saturated rings. The standard InChI is InChI=1S/C15H14ClNO2/c16-11-5-6-14-13(7-11)15(18,9-17)12-4-2-1-3-10(12)8-19-14/h1-7,18H,8-9,17H2. The Morgan fingerprint density at radius 1 is 1.21 bits per heavy atom. The number of aliphatic hydroxyl groups is 1. The highest BCUT2D eigenvalue weighted by Crippen LogP contribution is 2.40. The highest BCUT2D eigenvalue weighted by Gasteiger charge is 2.37. The van der Waals surface area contributed by atoms with Gasteiger partial charge >= 0.3 is 0 Å². The summed E-state index contributed by atoms with van der Waals surface area (Å²) in [6, 6.07) is 12.8. The Hall–Kier alpha value is -1.55. The number of rotatable bonds is 1. The summed E-state index contributed by atoms with van der Waals surface area (Å²) >= 11 is 6.03. The Labute approximate surface area is 116 Å². The van der Waals surface area contributed by atoms with E-state index in [0.29, 0.717) is 22.9 Å². The average molecular weight is 276 g/mol. The first kappa shape index (κ1) is 12.5. The van der Waals surface area contributed by atoms with E-state index in [-0.39, 0.29) is 6.54 Å². The summed E-state index contributed by atoms with van der Waals surface area (Å²) in [6.45, 7) is 0.480. The summed E-state index contributed by atoms with van der Waals surface area (Å²) in [4.78, 5) is 0. The molecule has 3 rings (SSSR count). The zero-order valence-electron chi connectivity index (χ0n) is 10.3. The topological polar surface area (TPSA) is 55.5 Å². The molecule has 0 bridgehead atoms. The van der Waals surface area contributed by atoms with E-state index in [0.717, 1.165) is 11.1 Å². The van der Waals surface area contributed by atoms with Gasteiger partial charge in [-0.2, -0.15) is 0 Å². The molecule has 0 saturated carbocycles. The monoisotopic (exact) mass is 275 g/mol. The van der Waals surface area contributed by atoms with Crippen LogP contribution in [0.3, 0.4) is 0 Å². The van der Waals surface area contributed by atoms with Gasteiger partial charge in [-0.05, 0) is 29.3 Å². The van der Waals surface area contributed by atoms with Gasteiger partial charge in [-0.25, -0.2) is 0 Å². The minimum absolute atomic E-state index is 0.0702. The summed E-state index contributed by atoms with van der Waals surface area (Å²) in [6.07, 6.45) is 0. The zero-order chi connectivity index (χ0) is 13.5. The lowest BCUT2D eigenvalue weighted by atomic mass is 9.84. The molecule has 0 radical (unpaired) electrons. The lowest BCUT2D eigenvalue weighted by Crippen LogP contribution is -2.36. The van der Waals surface area contributed by atoms with Crippen molar-refractivity contribution >= 4 is 11.6 Å². The van der Waals surface area contributed by atoms with Gasteiger partial charge in [-0.3, -0.25) is 0 Å². The number of halogens is 1. The minimum atomic E-state index is -1.27. The van der Waals surface area contributed by atoms with Crippen molar-refractivity contribution in [1.29, 1.82) is 0 Å². The molecule has 98 valence electrons. The van der Waals surface area contributed by atoms with Crippen LogP contribution in [-0.2, 0) is 12.2 Å². The predicted molar refractivity (Wildman–Crippen MR) is 74.3 cm³/mol. The van der Waals surface area contributed by atoms with E-state index in [9.17, 15) is 5.11 Å². The smallest absolute Gasteiger partial charge is 0.131 e. The van der Waals surface area contributed by atoms with Crippen LogP contribution in [-0.4, -0.2) is 11.7 Å². The molecule has 19 heavy (non-hydrogen) atoms. The van der Waals surface area contributed by atoms with Gasteiger partial charge in [0.05, 0.1) is 0 Å². The quantitative estimate of drug-likeness (QED) is 0.840. The van der Waals surface area contributed by atoms with Gasteiger partial charge in [-0.15, -0.1) is 0 Å². The molecule has 0 aliphatic carbocycles. The van der Waals surface area contributed by atoms with E-state index in [2.05, 4.69) is 0 Å². The number of ether oxygens (including phenoxy) is 1. The maximum Gasteiger partial charge on any atom is 0.131 e. The molecule has 2 aromatic rings. The number of hydrogen-bond acceptors (Lipinski definition) is 3. The van der Waals surface area contributed by atoms with Crippen LogP contribution in [0.1, 0.15) is 16.7 Å². The molecule has 3 N–H and O–H groups in total. The van der Waals surface area contributed by atoms with Crippen LogP contribution in [0.4, 0.5) is 0 Å². The first-order valence-corrected chi connectivity index (χ1v) is 6.46. The van der Waals surface area contributed by atoms with E-state index in [1.165, 1.54) is 0 Å². The molecule has 0 amide bonds. The summed E-state index contributed by atoms with van der Waals surface area (Å²) < 4.78 is 5.75. The Morgan fingerprint density at radius 3 is 2.79 bits per heavy atom. The number of benzene rings is 2. The predicted octanol–water partition coefficient (Wildman–Crippen LogP) is 2.43. The van der Waals surface area contributed by atoms with Gasteiger partial charge in [0.15, 0.2) is 0 Å². The Kier molecular flexibility index (Phi) is 2.97. The Morgan fingerprint density at radius 2 is 2.00 bits per heavy atom. The molecule has 4 heteroatoms. The van der Waals surface area contributed by atoms with Crippen LogP contribution in [0.25, 0.3) is 0 Å². The molecule has 1 aliphatic heterocycles. The van der Waals surface area contributed by atoms with Crippen LogP contribution < -0.4 is 10.5 Å². The number of nitrogens with two attached hydrogens (primary N) is 1. The molecule has 1 heterocycles. The molecule has 2 aromatic carbocycles. The molecule has 0 aromatic heterocycles. The second-order valence-corrected chi connectivity index (χ2v) is 5.09. The average Bonchev–Trinajstić information content (AvgIpc) is 2.56. The third-order valence-electron chi connectivity index (χ3n) is 3.53. The van der Waals surface area contributed by atoms with Crippen LogP contribution in [0.2, 0.25) is 5.02 Å². The fourth-order valence-corrected chi connectivity index (χ4v) is 2.69. The van der Waals surface area contributed by atoms with Gasteiger partial charge in [0, 0.05) is 17.1 Å². The molecule has 0 saturated heterocycles. The van der Waals surface area contributed by atoms with Crippen LogP contribution >= 0.6 is 11.6 Å². The summed E-state index contributed by atoms with van der Waals surface area (Å²) in [5.74, 6) is 0.619. The fourth-order valence-electron chi connectivity index (χ4n) is 2.52. The van der Waals surface area contributed by atoms with Crippen LogP contribution in [0, 0.1) is 0 Å². The Bertz CT molecular complexity index is 629. The van der Waals surface area contributed by atoms with Gasteiger partial charge in [0.25, 0.3) is 0 Å². The third kappa shape index (κ3) is 1.91. The molecule has 1 unspecified atom stereocenters. The lowest BCUT2D eigenvalue weighted by molar-refractivity contribution is 0.0894. The van der Waals surface area contributed by atoms with Crippen molar-refractivity contribution in [3.05, 3.63) is 64.2 Å². The van der Waals surface area contributed by atoms with Crippen molar-refractivity contribution in [1.82, 2.24) is 0 Å². The molecule has 3 nitrogen and oxygen atoms in total. The maximum atomic E-state index is 11.0. The number of hydrogen-bond donors (Lipinski definition) is 2. The minimum Gasteiger partial charge on any atom is -0.488 e. The highest BCUT2D eigenvalue weighted by atomic mass is 35.5. The van der Waals surface area contributed by atoms with E-state index in [1.807, 2.05) is 24.3 Å². The molecule has 0 spiro atoms. The van der Waals surface area contributed by atoms with Crippen molar-refractivity contribution < 1.29 is 9.84 Å². The van der Waals surface area contributed by atoms with Crippen molar-refractivity contribution in [2.45, 2.75) is 12.2 Å². The number of fused-ring (bicyclic) bond motifs is 2. The first-order valence-electron chi connectivity index (χ1n) is 6.09. The van der Waals surface area contributed by atoms with E-state index in [1.54, 1.807) is 18.2 Å². The second-order valence-electron chi connectivity index (χ2n) is 4.65. The summed E-state index contributed by atoms with van der Waals surface area (Å²) in [5, 5.41) is 11.6. The third-order valence-corrected chi connectivity index (χ3v) is 3.76. The van der Waals surface area contributed by atoms with Crippen LogP contribution in [0.5, 0.6) is 5.75 Å². The summed E-state index contributed by atoms with van der Waals surface area (Å²) in [7, 11) is 0. The van der Waals surface area contributed by atoms with E-state index in [4.69, 9.17) is 22.1 Å². The zero-order valence-corrected chi connectivity index (χ0v) is 11.0. The fraction of sp³-hybridized carbons (Fsp3) is 0.200. The molecular formula is C15H14ClNO2. The van der Waals surface area contributed by atoms with Gasteiger partial charge < -0.3 is 15.6 Å². The largest absolute Gasteiger partial charge is 0.488 e. The maximum absolute atomic E-state index is 11.0. The second kappa shape index (κ2) is 4.53. The van der Waals surface area contributed by atoms with Crippen molar-refractivity contribution in [3.8, 4) is 5.75 Å². The molecular weight excluding hydrogens is 262 g/mol. The van der Waals surface area contributed by atoms with Gasteiger partial charge in [0.1, 0.15) is 18.0 Å². The van der Waals surface area contributed by atoms with E-state index < -0.39 is 5.60 Å². The van der Waals surface area contributed by atoms with Crippen molar-refractivity contribution in [3.63, 3.8) is 0 Å². The lowest BCUT2D eigenvalue weighted by Gasteiger charge is -2.28. The van der Waals surface area contributed by atoms with Gasteiger partial charge in [-0.1, -0.05) is 35.9 Å². The molecule has 1 aliphatic rings. The molecule has 1 atom stereocenters. The van der Waals surface area contributed by atoms with Crippen LogP contribution in [0.15, 0.2) is 42.5 Å². The summed E-state index contributed by atoms with van der Waals surface area (Å²) in [5.41, 5.74) is 6.90. The first-order chi connectivity index (χ1) is 9.15. The SMILES string of the molecule is NCC1(O)c2ccccc2COc2ccc(Cl)cc21. The van der Waals surface area contributed by atoms with Crippen molar-refractivity contribution in [2.24, 2.45) is 5.73 Å². The normalized spacial score (nSPS) is 21.0. The van der Waals surface area contributed by atoms with Crippen molar-refractivity contribution in [2.75, 3.05) is 6.54 Å². The van der Waals surface area contributed by atoms with E-state index >= 15 is 0 Å². The van der Waals surface area contributed by atoms with Gasteiger partial charge in [0.2, 0.25) is 0 Å². The highest BCUT2D eigenvalue weighted by molar-refractivity contribution is 6.30.